The molecule has 6 nitrogen and oxygen atoms in total. The molecule has 0 saturated heterocycles. The molecule has 0 atom stereocenters. The van der Waals surface area contributed by atoms with Crippen molar-refractivity contribution in [1.82, 2.24) is 0 Å². The van der Waals surface area contributed by atoms with Crippen molar-refractivity contribution in [2.75, 3.05) is 18.2 Å². The molecule has 0 aromatic heterocycles. The van der Waals surface area contributed by atoms with Crippen LogP contribution < -0.4 is 10.1 Å². The number of carbonyl (C=O) groups excluding carboxylic acids is 1. The number of ether oxygens (including phenoxy) is 1. The fourth-order valence-corrected chi connectivity index (χ4v) is 2.91. The fourth-order valence-electron chi connectivity index (χ4n) is 2.56. The number of aryl methyl sites for hydroxylation is 1. The minimum atomic E-state index is -3.49. The summed E-state index contributed by atoms with van der Waals surface area (Å²) in [5.74, 6) is 0.490. The molecule has 0 spiro atoms. The highest BCUT2D eigenvalue weighted by Crippen LogP contribution is 2.36. The number of carbonyl (C=O) groups is 1. The molecule has 24 heavy (non-hydrogen) atoms. The summed E-state index contributed by atoms with van der Waals surface area (Å²) in [6, 6.07) is 11.2. The van der Waals surface area contributed by atoms with E-state index in [-0.39, 0.29) is 19.1 Å². The molecule has 1 amide bonds. The van der Waals surface area contributed by atoms with Crippen LogP contribution in [0.2, 0.25) is 0 Å². The van der Waals surface area contributed by atoms with Gasteiger partial charge in [0.25, 0.3) is 16.0 Å². The van der Waals surface area contributed by atoms with Crippen molar-refractivity contribution in [3.05, 3.63) is 47.5 Å². The van der Waals surface area contributed by atoms with Gasteiger partial charge in [0.2, 0.25) is 0 Å². The van der Waals surface area contributed by atoms with Crippen LogP contribution in [0.5, 0.6) is 5.75 Å². The number of rotatable bonds is 4. The van der Waals surface area contributed by atoms with E-state index in [1.807, 2.05) is 37.3 Å². The minimum absolute atomic E-state index is 0.0174. The van der Waals surface area contributed by atoms with Crippen LogP contribution in [-0.4, -0.2) is 27.2 Å². The molecular weight excluding hydrogens is 330 g/mol. The summed E-state index contributed by atoms with van der Waals surface area (Å²) in [7, 11) is -3.49. The second kappa shape index (κ2) is 6.26. The molecule has 0 saturated carbocycles. The van der Waals surface area contributed by atoms with Crippen molar-refractivity contribution in [1.29, 1.82) is 0 Å². The highest BCUT2D eigenvalue weighted by molar-refractivity contribution is 7.85. The molecule has 2 aromatic rings. The molecule has 0 bridgehead atoms. The van der Waals surface area contributed by atoms with Crippen LogP contribution in [-0.2, 0) is 25.7 Å². The first-order valence-electron chi connectivity index (χ1n) is 7.33. The number of hydrogen-bond acceptors (Lipinski definition) is 5. The van der Waals surface area contributed by atoms with Crippen molar-refractivity contribution in [2.24, 2.45) is 0 Å². The van der Waals surface area contributed by atoms with Crippen LogP contribution in [0.3, 0.4) is 0 Å². The average Bonchev–Trinajstić information content (AvgIpc) is 2.52. The van der Waals surface area contributed by atoms with E-state index in [1.165, 1.54) is 0 Å². The molecule has 1 aliphatic heterocycles. The molecule has 1 aliphatic rings. The van der Waals surface area contributed by atoms with Gasteiger partial charge in [-0.3, -0.25) is 8.98 Å². The van der Waals surface area contributed by atoms with Crippen LogP contribution >= 0.6 is 0 Å². The largest absolute Gasteiger partial charge is 0.481 e. The molecule has 1 N–H and O–H groups in total. The predicted octanol–water partition coefficient (Wildman–Crippen LogP) is 2.47. The van der Waals surface area contributed by atoms with Gasteiger partial charge in [0.05, 0.1) is 18.6 Å². The molecule has 126 valence electrons. The van der Waals surface area contributed by atoms with E-state index < -0.39 is 10.1 Å². The number of anilines is 1. The molecule has 0 unspecified atom stereocenters. The van der Waals surface area contributed by atoms with Crippen LogP contribution in [0.15, 0.2) is 36.4 Å². The SMILES string of the molecule is Cc1cc(-c2cccc(COS(C)(=O)=O)c2)cc2c1OCC(=O)N2. The Morgan fingerprint density at radius 1 is 1.21 bits per heavy atom. The third-order valence-corrected chi connectivity index (χ3v) is 4.14. The highest BCUT2D eigenvalue weighted by atomic mass is 32.2. The van der Waals surface area contributed by atoms with Gasteiger partial charge in [-0.25, -0.2) is 0 Å². The molecular formula is C17H17NO5S. The fraction of sp³-hybridized carbons (Fsp3) is 0.235. The van der Waals surface area contributed by atoms with E-state index in [0.717, 1.165) is 28.5 Å². The van der Waals surface area contributed by atoms with Gasteiger partial charge in [-0.15, -0.1) is 0 Å². The minimum Gasteiger partial charge on any atom is -0.481 e. The van der Waals surface area contributed by atoms with E-state index in [9.17, 15) is 13.2 Å². The second-order valence-electron chi connectivity index (χ2n) is 5.67. The van der Waals surface area contributed by atoms with E-state index in [4.69, 9.17) is 8.92 Å². The van der Waals surface area contributed by atoms with E-state index in [0.29, 0.717) is 11.4 Å². The van der Waals surface area contributed by atoms with Gasteiger partial charge in [0.15, 0.2) is 6.61 Å². The van der Waals surface area contributed by atoms with Gasteiger partial charge in [0.1, 0.15) is 5.75 Å². The standard InChI is InChI=1S/C17H17NO5S/c1-11-6-14(8-15-17(11)22-10-16(19)18-15)13-5-3-4-12(7-13)9-23-24(2,20)21/h3-8H,9-10H2,1-2H3,(H,18,19). The number of nitrogens with one attached hydrogen (secondary N) is 1. The van der Waals surface area contributed by atoms with Crippen molar-refractivity contribution < 1.29 is 22.1 Å². The van der Waals surface area contributed by atoms with Gasteiger partial charge in [0, 0.05) is 0 Å². The number of fused-ring (bicyclic) bond motifs is 1. The Kier molecular flexibility index (Phi) is 4.29. The highest BCUT2D eigenvalue weighted by Gasteiger charge is 2.19. The molecule has 0 aliphatic carbocycles. The van der Waals surface area contributed by atoms with E-state index in [2.05, 4.69) is 5.32 Å². The van der Waals surface area contributed by atoms with Crippen molar-refractivity contribution in [3.63, 3.8) is 0 Å². The Morgan fingerprint density at radius 3 is 2.75 bits per heavy atom. The smallest absolute Gasteiger partial charge is 0.264 e. The van der Waals surface area contributed by atoms with Gasteiger partial charge < -0.3 is 10.1 Å². The average molecular weight is 347 g/mol. The lowest BCUT2D eigenvalue weighted by Gasteiger charge is -2.21. The maximum absolute atomic E-state index is 11.5. The zero-order chi connectivity index (χ0) is 17.3. The number of hydrogen-bond donors (Lipinski definition) is 1. The molecule has 3 rings (SSSR count). The summed E-state index contributed by atoms with van der Waals surface area (Å²) in [4.78, 5) is 11.5. The lowest BCUT2D eigenvalue weighted by Crippen LogP contribution is -2.25. The first kappa shape index (κ1) is 16.5. The van der Waals surface area contributed by atoms with Gasteiger partial charge in [-0.1, -0.05) is 18.2 Å². The second-order valence-corrected chi connectivity index (χ2v) is 7.32. The quantitative estimate of drug-likeness (QED) is 0.859. The van der Waals surface area contributed by atoms with Crippen LogP contribution in [0.1, 0.15) is 11.1 Å². The summed E-state index contributed by atoms with van der Waals surface area (Å²) in [6.07, 6.45) is 1.02. The third kappa shape index (κ3) is 3.74. The zero-order valence-electron chi connectivity index (χ0n) is 13.3. The monoisotopic (exact) mass is 347 g/mol. The molecule has 7 heteroatoms. The first-order chi connectivity index (χ1) is 11.3. The molecule has 0 fully saturated rings. The van der Waals surface area contributed by atoms with Crippen molar-refractivity contribution >= 4 is 21.7 Å². The van der Waals surface area contributed by atoms with Crippen LogP contribution in [0.25, 0.3) is 11.1 Å². The lowest BCUT2D eigenvalue weighted by atomic mass is 9.99. The normalized spacial score (nSPS) is 13.8. The maximum Gasteiger partial charge on any atom is 0.264 e. The zero-order valence-corrected chi connectivity index (χ0v) is 14.1. The third-order valence-electron chi connectivity index (χ3n) is 3.60. The van der Waals surface area contributed by atoms with E-state index >= 15 is 0 Å². The Hall–Kier alpha value is -2.38. The Bertz CT molecular complexity index is 905. The maximum atomic E-state index is 11.5. The van der Waals surface area contributed by atoms with Crippen molar-refractivity contribution in [2.45, 2.75) is 13.5 Å². The first-order valence-corrected chi connectivity index (χ1v) is 9.14. The Morgan fingerprint density at radius 2 is 2.00 bits per heavy atom. The summed E-state index contributed by atoms with van der Waals surface area (Å²) in [6.45, 7) is 1.92. The van der Waals surface area contributed by atoms with Crippen molar-refractivity contribution in [3.8, 4) is 16.9 Å². The summed E-state index contributed by atoms with van der Waals surface area (Å²) in [5.41, 5.74) is 4.10. The van der Waals surface area contributed by atoms with Crippen LogP contribution in [0.4, 0.5) is 5.69 Å². The summed E-state index contributed by atoms with van der Waals surface area (Å²) < 4.78 is 32.5. The number of amides is 1. The number of benzene rings is 2. The van der Waals surface area contributed by atoms with E-state index in [1.54, 1.807) is 6.07 Å². The Balaban J connectivity index is 1.93. The van der Waals surface area contributed by atoms with Gasteiger partial charge in [-0.05, 0) is 47.4 Å². The van der Waals surface area contributed by atoms with Crippen LogP contribution in [0, 0.1) is 6.92 Å². The summed E-state index contributed by atoms with van der Waals surface area (Å²) in [5, 5.41) is 2.80. The Labute approximate surface area is 140 Å². The predicted molar refractivity (Wildman–Crippen MR) is 90.4 cm³/mol. The lowest BCUT2D eigenvalue weighted by molar-refractivity contribution is -0.118. The van der Waals surface area contributed by atoms with Gasteiger partial charge >= 0.3 is 0 Å². The topological polar surface area (TPSA) is 81.7 Å². The molecule has 1 heterocycles. The van der Waals surface area contributed by atoms with Gasteiger partial charge in [-0.2, -0.15) is 8.42 Å². The summed E-state index contributed by atoms with van der Waals surface area (Å²) >= 11 is 0. The molecule has 0 radical (unpaired) electrons. The molecule has 2 aromatic carbocycles.